The largest absolute Gasteiger partial charge is 0.317 e. The van der Waals surface area contributed by atoms with E-state index in [4.69, 9.17) is 0 Å². The van der Waals surface area contributed by atoms with E-state index in [1.807, 2.05) is 30.5 Å². The van der Waals surface area contributed by atoms with Crippen molar-refractivity contribution in [2.75, 3.05) is 0 Å². The number of halogens is 1. The van der Waals surface area contributed by atoms with Gasteiger partial charge in [0.15, 0.2) is 0 Å². The van der Waals surface area contributed by atoms with Crippen LogP contribution in [0, 0.1) is 5.82 Å². The summed E-state index contributed by atoms with van der Waals surface area (Å²) in [5.74, 6) is 0.705. The Hall–Kier alpha value is -1.75. The highest BCUT2D eigenvalue weighted by Gasteiger charge is 2.14. The average molecular weight is 262 g/mol. The van der Waals surface area contributed by atoms with Crippen LogP contribution in [0.3, 0.4) is 0 Å². The second-order valence-corrected chi connectivity index (χ2v) is 4.40. The summed E-state index contributed by atoms with van der Waals surface area (Å²) in [5, 5.41) is 11.3. The maximum absolute atomic E-state index is 13.8. The van der Waals surface area contributed by atoms with Gasteiger partial charge in [-0.3, -0.25) is 0 Å². The first-order valence-electron chi connectivity index (χ1n) is 6.60. The fourth-order valence-electron chi connectivity index (χ4n) is 2.13. The van der Waals surface area contributed by atoms with Gasteiger partial charge in [-0.05, 0) is 19.4 Å². The van der Waals surface area contributed by atoms with E-state index < -0.39 is 0 Å². The Morgan fingerprint density at radius 1 is 1.32 bits per heavy atom. The zero-order valence-electron chi connectivity index (χ0n) is 11.3. The number of hydrogen-bond donors (Lipinski definition) is 1. The summed E-state index contributed by atoms with van der Waals surface area (Å²) in [7, 11) is 0. The molecule has 1 N–H and O–H groups in total. The SMILES string of the molecule is CCC(NCc1nncn1CC)c1ccccc1F. The molecule has 1 aromatic heterocycles. The molecule has 0 radical (unpaired) electrons. The molecule has 0 aliphatic heterocycles. The maximum Gasteiger partial charge on any atom is 0.146 e. The third-order valence-corrected chi connectivity index (χ3v) is 3.23. The Balaban J connectivity index is 2.06. The molecule has 2 aromatic rings. The summed E-state index contributed by atoms with van der Waals surface area (Å²) >= 11 is 0. The van der Waals surface area contributed by atoms with Crippen molar-refractivity contribution in [3.8, 4) is 0 Å². The standard InChI is InChI=1S/C14H19FN4/c1-3-13(11-7-5-6-8-12(11)15)16-9-14-18-17-10-19(14)4-2/h5-8,10,13,16H,3-4,9H2,1-2H3. The van der Waals surface area contributed by atoms with E-state index in [1.54, 1.807) is 12.4 Å². The van der Waals surface area contributed by atoms with Crippen LogP contribution in [0.15, 0.2) is 30.6 Å². The molecule has 0 aliphatic carbocycles. The summed E-state index contributed by atoms with van der Waals surface area (Å²) < 4.78 is 15.7. The van der Waals surface area contributed by atoms with Crippen molar-refractivity contribution >= 4 is 0 Å². The lowest BCUT2D eigenvalue weighted by Gasteiger charge is -2.17. The number of rotatable bonds is 6. The van der Waals surface area contributed by atoms with Crippen LogP contribution >= 0.6 is 0 Å². The molecule has 2 rings (SSSR count). The van der Waals surface area contributed by atoms with E-state index in [2.05, 4.69) is 15.5 Å². The molecule has 1 heterocycles. The highest BCUT2D eigenvalue weighted by Crippen LogP contribution is 2.20. The molecular weight excluding hydrogens is 243 g/mol. The van der Waals surface area contributed by atoms with Crippen molar-refractivity contribution in [2.24, 2.45) is 0 Å². The van der Waals surface area contributed by atoms with Crippen LogP contribution < -0.4 is 5.32 Å². The predicted molar refractivity (Wildman–Crippen MR) is 72.0 cm³/mol. The van der Waals surface area contributed by atoms with E-state index in [1.165, 1.54) is 6.07 Å². The highest BCUT2D eigenvalue weighted by atomic mass is 19.1. The van der Waals surface area contributed by atoms with Crippen LogP contribution in [-0.2, 0) is 13.1 Å². The van der Waals surface area contributed by atoms with Crippen LogP contribution in [0.5, 0.6) is 0 Å². The van der Waals surface area contributed by atoms with Gasteiger partial charge < -0.3 is 9.88 Å². The van der Waals surface area contributed by atoms with Gasteiger partial charge in [0.1, 0.15) is 18.0 Å². The Labute approximate surface area is 112 Å². The lowest BCUT2D eigenvalue weighted by atomic mass is 10.0. The Kier molecular flexibility index (Phi) is 4.63. The fourth-order valence-corrected chi connectivity index (χ4v) is 2.13. The minimum absolute atomic E-state index is 0.0109. The number of aromatic nitrogens is 3. The van der Waals surface area contributed by atoms with Crippen LogP contribution in [0.4, 0.5) is 4.39 Å². The van der Waals surface area contributed by atoms with Gasteiger partial charge in [-0.2, -0.15) is 0 Å². The van der Waals surface area contributed by atoms with Gasteiger partial charge in [-0.1, -0.05) is 25.1 Å². The van der Waals surface area contributed by atoms with Crippen molar-refractivity contribution in [3.05, 3.63) is 47.8 Å². The zero-order valence-corrected chi connectivity index (χ0v) is 11.3. The molecule has 4 nitrogen and oxygen atoms in total. The fraction of sp³-hybridized carbons (Fsp3) is 0.429. The molecule has 102 valence electrons. The van der Waals surface area contributed by atoms with Crippen molar-refractivity contribution in [2.45, 2.75) is 39.4 Å². The topological polar surface area (TPSA) is 42.7 Å². The number of hydrogen-bond acceptors (Lipinski definition) is 3. The lowest BCUT2D eigenvalue weighted by molar-refractivity contribution is 0.473. The molecular formula is C14H19FN4. The molecule has 0 saturated heterocycles. The van der Waals surface area contributed by atoms with E-state index in [0.29, 0.717) is 12.1 Å². The van der Waals surface area contributed by atoms with E-state index in [0.717, 1.165) is 18.8 Å². The molecule has 0 saturated carbocycles. The maximum atomic E-state index is 13.8. The molecule has 0 bridgehead atoms. The highest BCUT2D eigenvalue weighted by molar-refractivity contribution is 5.21. The van der Waals surface area contributed by atoms with Crippen LogP contribution in [0.2, 0.25) is 0 Å². The number of nitrogens with one attached hydrogen (secondary N) is 1. The number of aryl methyl sites for hydroxylation is 1. The van der Waals surface area contributed by atoms with E-state index in [-0.39, 0.29) is 11.9 Å². The number of nitrogens with zero attached hydrogens (tertiary/aromatic N) is 3. The second kappa shape index (κ2) is 6.43. The normalized spacial score (nSPS) is 12.6. The molecule has 1 unspecified atom stereocenters. The first-order valence-corrected chi connectivity index (χ1v) is 6.60. The molecule has 0 fully saturated rings. The van der Waals surface area contributed by atoms with Gasteiger partial charge in [0.25, 0.3) is 0 Å². The molecule has 0 amide bonds. The summed E-state index contributed by atoms with van der Waals surface area (Å²) in [6, 6.07) is 6.87. The first kappa shape index (κ1) is 13.7. The Bertz CT molecular complexity index is 524. The Morgan fingerprint density at radius 3 is 2.79 bits per heavy atom. The predicted octanol–water partition coefficient (Wildman–Crippen LogP) is 2.68. The van der Waals surface area contributed by atoms with Crippen molar-refractivity contribution in [3.63, 3.8) is 0 Å². The van der Waals surface area contributed by atoms with Crippen molar-refractivity contribution < 1.29 is 4.39 Å². The van der Waals surface area contributed by atoms with Gasteiger partial charge in [0.2, 0.25) is 0 Å². The third kappa shape index (κ3) is 3.17. The minimum atomic E-state index is -0.168. The molecule has 5 heteroatoms. The molecule has 0 aliphatic rings. The monoisotopic (exact) mass is 262 g/mol. The van der Waals surface area contributed by atoms with Crippen LogP contribution in [0.1, 0.15) is 37.7 Å². The zero-order chi connectivity index (χ0) is 13.7. The van der Waals surface area contributed by atoms with Crippen molar-refractivity contribution in [1.82, 2.24) is 20.1 Å². The quantitative estimate of drug-likeness (QED) is 0.870. The summed E-state index contributed by atoms with van der Waals surface area (Å²) in [6.45, 7) is 5.50. The molecule has 0 spiro atoms. The van der Waals surface area contributed by atoms with E-state index >= 15 is 0 Å². The second-order valence-electron chi connectivity index (χ2n) is 4.40. The van der Waals surface area contributed by atoms with Gasteiger partial charge in [0.05, 0.1) is 6.54 Å². The first-order chi connectivity index (χ1) is 9.26. The summed E-state index contributed by atoms with van der Waals surface area (Å²) in [5.41, 5.74) is 0.701. The van der Waals surface area contributed by atoms with Crippen molar-refractivity contribution in [1.29, 1.82) is 0 Å². The van der Waals surface area contributed by atoms with E-state index in [9.17, 15) is 4.39 Å². The van der Waals surface area contributed by atoms with Gasteiger partial charge >= 0.3 is 0 Å². The third-order valence-electron chi connectivity index (χ3n) is 3.23. The Morgan fingerprint density at radius 2 is 2.11 bits per heavy atom. The summed E-state index contributed by atoms with van der Waals surface area (Å²) in [6.07, 6.45) is 2.53. The van der Waals surface area contributed by atoms with Crippen LogP contribution in [0.25, 0.3) is 0 Å². The lowest BCUT2D eigenvalue weighted by Crippen LogP contribution is -2.23. The number of benzene rings is 1. The molecule has 19 heavy (non-hydrogen) atoms. The van der Waals surface area contributed by atoms with Crippen LogP contribution in [-0.4, -0.2) is 14.8 Å². The molecule has 1 atom stereocenters. The van der Waals surface area contributed by atoms with Gasteiger partial charge in [0, 0.05) is 18.2 Å². The summed E-state index contributed by atoms with van der Waals surface area (Å²) in [4.78, 5) is 0. The average Bonchev–Trinajstić information content (AvgIpc) is 2.88. The van der Waals surface area contributed by atoms with Gasteiger partial charge in [-0.25, -0.2) is 4.39 Å². The van der Waals surface area contributed by atoms with Gasteiger partial charge in [-0.15, -0.1) is 10.2 Å². The smallest absolute Gasteiger partial charge is 0.146 e. The molecule has 1 aromatic carbocycles. The minimum Gasteiger partial charge on any atom is -0.317 e.